The molecule has 1 saturated carbocycles. The molecule has 6 nitrogen and oxygen atoms in total. The lowest BCUT2D eigenvalue weighted by molar-refractivity contribution is 0.102. The van der Waals surface area contributed by atoms with Gasteiger partial charge in [-0.1, -0.05) is 12.1 Å². The van der Waals surface area contributed by atoms with Crippen molar-refractivity contribution in [3.63, 3.8) is 0 Å². The zero-order valence-electron chi connectivity index (χ0n) is 11.2. The van der Waals surface area contributed by atoms with Crippen LogP contribution in [0, 0.1) is 11.3 Å². The summed E-state index contributed by atoms with van der Waals surface area (Å²) < 4.78 is 0. The van der Waals surface area contributed by atoms with Crippen molar-refractivity contribution in [1.82, 2.24) is 10.2 Å². The summed E-state index contributed by atoms with van der Waals surface area (Å²) >= 11 is 0. The van der Waals surface area contributed by atoms with Gasteiger partial charge in [-0.15, -0.1) is 10.2 Å². The van der Waals surface area contributed by atoms with E-state index in [9.17, 15) is 4.79 Å². The van der Waals surface area contributed by atoms with Crippen LogP contribution in [-0.2, 0) is 0 Å². The first-order valence-electron chi connectivity index (χ1n) is 6.67. The number of amides is 1. The van der Waals surface area contributed by atoms with Gasteiger partial charge in [0.25, 0.3) is 5.91 Å². The second-order valence-corrected chi connectivity index (χ2v) is 4.83. The summed E-state index contributed by atoms with van der Waals surface area (Å²) in [6, 6.07) is 12.7. The van der Waals surface area contributed by atoms with Gasteiger partial charge in [-0.2, -0.15) is 5.26 Å². The highest BCUT2D eigenvalue weighted by Crippen LogP contribution is 2.23. The van der Waals surface area contributed by atoms with E-state index < -0.39 is 0 Å². The third kappa shape index (κ3) is 3.15. The Morgan fingerprint density at radius 2 is 2.00 bits per heavy atom. The normalized spacial score (nSPS) is 13.3. The Hall–Kier alpha value is -2.94. The average molecular weight is 279 g/mol. The molecule has 6 heteroatoms. The minimum Gasteiger partial charge on any atom is -0.366 e. The quantitative estimate of drug-likeness (QED) is 0.895. The fourth-order valence-electron chi connectivity index (χ4n) is 1.84. The number of anilines is 2. The molecular weight excluding hydrogens is 266 g/mol. The SMILES string of the molecule is N#Cc1ccccc1NC(=O)c1ccc(NC2CC2)nn1. The predicted octanol–water partition coefficient (Wildman–Crippen LogP) is 2.17. The van der Waals surface area contributed by atoms with Crippen LogP contribution in [0.25, 0.3) is 0 Å². The minimum absolute atomic E-state index is 0.212. The number of nitriles is 1. The maximum absolute atomic E-state index is 12.1. The molecule has 1 aliphatic carbocycles. The second kappa shape index (κ2) is 5.59. The average Bonchev–Trinajstić information content (AvgIpc) is 3.32. The predicted molar refractivity (Wildman–Crippen MR) is 77.8 cm³/mol. The lowest BCUT2D eigenvalue weighted by Gasteiger charge is -2.06. The molecule has 0 saturated heterocycles. The first kappa shape index (κ1) is 13.1. The van der Waals surface area contributed by atoms with E-state index in [1.165, 1.54) is 0 Å². The van der Waals surface area contributed by atoms with E-state index in [1.807, 2.05) is 6.07 Å². The Morgan fingerprint density at radius 1 is 1.19 bits per heavy atom. The van der Waals surface area contributed by atoms with Crippen LogP contribution in [0.1, 0.15) is 28.9 Å². The van der Waals surface area contributed by atoms with Crippen LogP contribution in [0.4, 0.5) is 11.5 Å². The first-order valence-corrected chi connectivity index (χ1v) is 6.67. The molecule has 2 aromatic rings. The van der Waals surface area contributed by atoms with E-state index in [-0.39, 0.29) is 11.6 Å². The van der Waals surface area contributed by atoms with Crippen LogP contribution in [-0.4, -0.2) is 22.1 Å². The van der Waals surface area contributed by atoms with E-state index in [0.717, 1.165) is 12.8 Å². The molecule has 1 amide bonds. The molecule has 3 rings (SSSR count). The number of para-hydroxylation sites is 1. The van der Waals surface area contributed by atoms with Crippen molar-refractivity contribution < 1.29 is 4.79 Å². The first-order chi connectivity index (χ1) is 10.3. The van der Waals surface area contributed by atoms with Crippen LogP contribution in [0.5, 0.6) is 0 Å². The molecule has 0 radical (unpaired) electrons. The Labute approximate surface area is 121 Å². The molecule has 0 bridgehead atoms. The van der Waals surface area contributed by atoms with Crippen LogP contribution in [0.15, 0.2) is 36.4 Å². The molecule has 0 spiro atoms. The lowest BCUT2D eigenvalue weighted by atomic mass is 10.2. The summed E-state index contributed by atoms with van der Waals surface area (Å²) in [5, 5.41) is 22.7. The van der Waals surface area contributed by atoms with Crippen molar-refractivity contribution in [1.29, 1.82) is 5.26 Å². The lowest BCUT2D eigenvalue weighted by Crippen LogP contribution is -2.15. The van der Waals surface area contributed by atoms with Crippen LogP contribution in [0.3, 0.4) is 0 Å². The topological polar surface area (TPSA) is 90.7 Å². The molecule has 1 aliphatic rings. The highest BCUT2D eigenvalue weighted by atomic mass is 16.1. The Kier molecular flexibility index (Phi) is 3.48. The number of rotatable bonds is 4. The van der Waals surface area contributed by atoms with Crippen molar-refractivity contribution in [3.05, 3.63) is 47.7 Å². The van der Waals surface area contributed by atoms with Gasteiger partial charge in [-0.25, -0.2) is 0 Å². The summed E-state index contributed by atoms with van der Waals surface area (Å²) in [5.41, 5.74) is 1.09. The van der Waals surface area contributed by atoms with Gasteiger partial charge in [0.05, 0.1) is 11.3 Å². The van der Waals surface area contributed by atoms with Crippen LogP contribution < -0.4 is 10.6 Å². The number of carbonyl (C=O) groups excluding carboxylic acids is 1. The van der Waals surface area contributed by atoms with Crippen molar-refractivity contribution >= 4 is 17.4 Å². The monoisotopic (exact) mass is 279 g/mol. The molecule has 0 unspecified atom stereocenters. The van der Waals surface area contributed by atoms with Gasteiger partial charge < -0.3 is 10.6 Å². The molecule has 0 aliphatic heterocycles. The van der Waals surface area contributed by atoms with E-state index in [2.05, 4.69) is 20.8 Å². The fraction of sp³-hybridized carbons (Fsp3) is 0.200. The van der Waals surface area contributed by atoms with Gasteiger partial charge in [-0.05, 0) is 37.1 Å². The molecule has 1 heterocycles. The fourth-order valence-corrected chi connectivity index (χ4v) is 1.84. The number of benzene rings is 1. The van der Waals surface area contributed by atoms with Crippen LogP contribution in [0.2, 0.25) is 0 Å². The molecule has 1 fully saturated rings. The number of hydrogen-bond acceptors (Lipinski definition) is 5. The number of hydrogen-bond donors (Lipinski definition) is 2. The van der Waals surface area contributed by atoms with Gasteiger partial charge >= 0.3 is 0 Å². The highest BCUT2D eigenvalue weighted by molar-refractivity contribution is 6.03. The zero-order chi connectivity index (χ0) is 14.7. The summed E-state index contributed by atoms with van der Waals surface area (Å²) in [7, 11) is 0. The number of nitrogens with one attached hydrogen (secondary N) is 2. The van der Waals surface area contributed by atoms with Gasteiger partial charge in [0.15, 0.2) is 5.69 Å². The summed E-state index contributed by atoms with van der Waals surface area (Å²) in [4.78, 5) is 12.1. The largest absolute Gasteiger partial charge is 0.366 e. The molecule has 0 atom stereocenters. The Bertz CT molecular complexity index is 701. The summed E-state index contributed by atoms with van der Waals surface area (Å²) in [6.07, 6.45) is 2.30. The third-order valence-electron chi connectivity index (χ3n) is 3.12. The van der Waals surface area contributed by atoms with Crippen molar-refractivity contribution in [2.75, 3.05) is 10.6 Å². The molecular formula is C15H13N5O. The van der Waals surface area contributed by atoms with E-state index >= 15 is 0 Å². The zero-order valence-corrected chi connectivity index (χ0v) is 11.2. The van der Waals surface area contributed by atoms with Gasteiger partial charge in [0.2, 0.25) is 0 Å². The van der Waals surface area contributed by atoms with E-state index in [0.29, 0.717) is 23.1 Å². The molecule has 1 aromatic carbocycles. The summed E-state index contributed by atoms with van der Waals surface area (Å²) in [5.74, 6) is 0.287. The van der Waals surface area contributed by atoms with Crippen molar-refractivity contribution in [2.45, 2.75) is 18.9 Å². The van der Waals surface area contributed by atoms with Gasteiger partial charge in [-0.3, -0.25) is 4.79 Å². The van der Waals surface area contributed by atoms with E-state index in [4.69, 9.17) is 5.26 Å². The third-order valence-corrected chi connectivity index (χ3v) is 3.12. The Balaban J connectivity index is 1.71. The summed E-state index contributed by atoms with van der Waals surface area (Å²) in [6.45, 7) is 0. The minimum atomic E-state index is -0.386. The number of nitrogens with zero attached hydrogens (tertiary/aromatic N) is 3. The Morgan fingerprint density at radius 3 is 2.67 bits per heavy atom. The van der Waals surface area contributed by atoms with Gasteiger partial charge in [0, 0.05) is 6.04 Å². The van der Waals surface area contributed by atoms with Crippen molar-refractivity contribution in [2.24, 2.45) is 0 Å². The number of aromatic nitrogens is 2. The molecule has 21 heavy (non-hydrogen) atoms. The van der Waals surface area contributed by atoms with Crippen molar-refractivity contribution in [3.8, 4) is 6.07 Å². The molecule has 1 aromatic heterocycles. The molecule has 2 N–H and O–H groups in total. The maximum atomic E-state index is 12.1. The van der Waals surface area contributed by atoms with Crippen LogP contribution >= 0.6 is 0 Å². The number of carbonyl (C=O) groups is 1. The second-order valence-electron chi connectivity index (χ2n) is 4.83. The standard InChI is InChI=1S/C15H13N5O/c16-9-10-3-1-2-4-12(10)18-15(21)13-7-8-14(20-19-13)17-11-5-6-11/h1-4,7-8,11H,5-6H2,(H,17,20)(H,18,21). The van der Waals surface area contributed by atoms with E-state index in [1.54, 1.807) is 36.4 Å². The smallest absolute Gasteiger partial charge is 0.276 e. The highest BCUT2D eigenvalue weighted by Gasteiger charge is 2.21. The van der Waals surface area contributed by atoms with Gasteiger partial charge in [0.1, 0.15) is 11.9 Å². The maximum Gasteiger partial charge on any atom is 0.276 e. The molecule has 104 valence electrons.